The van der Waals surface area contributed by atoms with Gasteiger partial charge in [-0.05, 0) is 13.0 Å². The van der Waals surface area contributed by atoms with Gasteiger partial charge in [0.1, 0.15) is 5.54 Å². The van der Waals surface area contributed by atoms with Crippen LogP contribution in [0.1, 0.15) is 12.6 Å². The highest BCUT2D eigenvalue weighted by atomic mass is 19.3. The number of hydrogen-bond donors (Lipinski definition) is 1. The van der Waals surface area contributed by atoms with Crippen molar-refractivity contribution in [3.63, 3.8) is 0 Å². The predicted molar refractivity (Wildman–Crippen MR) is 58.3 cm³/mol. The molecule has 1 unspecified atom stereocenters. The quantitative estimate of drug-likeness (QED) is 0.849. The first-order valence-electron chi connectivity index (χ1n) is 4.94. The second kappa shape index (κ2) is 3.52. The van der Waals surface area contributed by atoms with E-state index < -0.39 is 12.0 Å². The predicted octanol–water partition coefficient (Wildman–Crippen LogP) is 2.01. The molecule has 2 aromatic rings. The Morgan fingerprint density at radius 2 is 2.00 bits per heavy atom. The Kier molecular flexibility index (Phi) is 2.42. The molecule has 1 aromatic heterocycles. The standard InChI is InChI=1S/C11H13F2N3/c1-11(14,10(12)13)9-7-5-3-4-6-8(7)15-16(9)2/h3-6,10H,14H2,1-2H3. The van der Waals surface area contributed by atoms with E-state index in [1.165, 1.54) is 11.6 Å². The lowest BCUT2D eigenvalue weighted by Gasteiger charge is -2.24. The van der Waals surface area contributed by atoms with Gasteiger partial charge < -0.3 is 5.73 Å². The number of rotatable bonds is 2. The van der Waals surface area contributed by atoms with Crippen LogP contribution in [0.4, 0.5) is 8.78 Å². The molecule has 0 amide bonds. The van der Waals surface area contributed by atoms with E-state index in [9.17, 15) is 8.78 Å². The van der Waals surface area contributed by atoms with Gasteiger partial charge in [0.25, 0.3) is 6.43 Å². The third kappa shape index (κ3) is 1.48. The zero-order valence-corrected chi connectivity index (χ0v) is 9.11. The fourth-order valence-corrected chi connectivity index (χ4v) is 1.89. The lowest BCUT2D eigenvalue weighted by atomic mass is 9.96. The van der Waals surface area contributed by atoms with Crippen LogP contribution >= 0.6 is 0 Å². The number of nitrogens with two attached hydrogens (primary N) is 1. The molecule has 0 radical (unpaired) electrons. The van der Waals surface area contributed by atoms with E-state index in [1.54, 1.807) is 25.2 Å². The third-order valence-corrected chi connectivity index (χ3v) is 2.70. The Balaban J connectivity index is 2.73. The maximum absolute atomic E-state index is 12.9. The highest BCUT2D eigenvalue weighted by Gasteiger charge is 2.36. The number of hydrogen-bond acceptors (Lipinski definition) is 2. The van der Waals surface area contributed by atoms with Gasteiger partial charge in [0, 0.05) is 12.4 Å². The van der Waals surface area contributed by atoms with E-state index in [-0.39, 0.29) is 0 Å². The maximum atomic E-state index is 12.9. The van der Waals surface area contributed by atoms with Crippen LogP contribution < -0.4 is 5.73 Å². The lowest BCUT2D eigenvalue weighted by Crippen LogP contribution is -2.42. The molecule has 86 valence electrons. The minimum atomic E-state index is -2.63. The summed E-state index contributed by atoms with van der Waals surface area (Å²) in [5, 5.41) is 4.84. The summed E-state index contributed by atoms with van der Waals surface area (Å²) in [6, 6.07) is 7.13. The average Bonchev–Trinajstić information content (AvgIpc) is 2.53. The van der Waals surface area contributed by atoms with Crippen molar-refractivity contribution in [2.75, 3.05) is 0 Å². The highest BCUT2D eigenvalue weighted by molar-refractivity contribution is 5.82. The SMILES string of the molecule is Cn1nc2ccccc2c1C(C)(N)C(F)F. The van der Waals surface area contributed by atoms with Crippen LogP contribution in [0.2, 0.25) is 0 Å². The molecule has 0 fully saturated rings. The van der Waals surface area contributed by atoms with Crippen LogP contribution in [0.15, 0.2) is 24.3 Å². The summed E-state index contributed by atoms with van der Waals surface area (Å²) in [4.78, 5) is 0. The summed E-state index contributed by atoms with van der Waals surface area (Å²) in [6.07, 6.45) is -2.63. The monoisotopic (exact) mass is 225 g/mol. The molecule has 5 heteroatoms. The Bertz CT molecular complexity index is 517. The van der Waals surface area contributed by atoms with Gasteiger partial charge in [0.15, 0.2) is 0 Å². The molecule has 0 aliphatic heterocycles. The van der Waals surface area contributed by atoms with Crippen LogP contribution in [0.5, 0.6) is 0 Å². The van der Waals surface area contributed by atoms with Crippen LogP contribution in [0.3, 0.4) is 0 Å². The Hall–Kier alpha value is -1.49. The second-order valence-corrected chi connectivity index (χ2v) is 4.07. The molecule has 16 heavy (non-hydrogen) atoms. The van der Waals surface area contributed by atoms with Crippen molar-refractivity contribution in [2.24, 2.45) is 12.8 Å². The van der Waals surface area contributed by atoms with E-state index in [2.05, 4.69) is 5.10 Å². The van der Waals surface area contributed by atoms with Crippen molar-refractivity contribution in [1.82, 2.24) is 9.78 Å². The van der Waals surface area contributed by atoms with Gasteiger partial charge in [-0.25, -0.2) is 8.78 Å². The van der Waals surface area contributed by atoms with Gasteiger partial charge in [-0.15, -0.1) is 0 Å². The fraction of sp³-hybridized carbons (Fsp3) is 0.364. The molecular formula is C11H13F2N3. The molecule has 3 nitrogen and oxygen atoms in total. The molecule has 0 spiro atoms. The average molecular weight is 225 g/mol. The molecule has 0 aliphatic carbocycles. The minimum absolute atomic E-state index is 0.359. The fourth-order valence-electron chi connectivity index (χ4n) is 1.89. The molecule has 1 aromatic carbocycles. The zero-order chi connectivity index (χ0) is 11.9. The number of fused-ring (bicyclic) bond motifs is 1. The number of alkyl halides is 2. The van der Waals surface area contributed by atoms with Gasteiger partial charge >= 0.3 is 0 Å². The lowest BCUT2D eigenvalue weighted by molar-refractivity contribution is 0.0588. The van der Waals surface area contributed by atoms with Gasteiger partial charge in [-0.2, -0.15) is 5.10 Å². The van der Waals surface area contributed by atoms with E-state index in [0.29, 0.717) is 16.6 Å². The summed E-state index contributed by atoms with van der Waals surface area (Å²) < 4.78 is 27.3. The molecular weight excluding hydrogens is 212 g/mol. The first kappa shape index (κ1) is 11.0. The number of benzene rings is 1. The maximum Gasteiger partial charge on any atom is 0.261 e. The summed E-state index contributed by atoms with van der Waals surface area (Å²) in [7, 11) is 1.63. The third-order valence-electron chi connectivity index (χ3n) is 2.70. The number of aromatic nitrogens is 2. The van der Waals surface area contributed by atoms with Crippen molar-refractivity contribution in [3.05, 3.63) is 30.0 Å². The Labute approximate surface area is 91.9 Å². The second-order valence-electron chi connectivity index (χ2n) is 4.07. The molecule has 2 N–H and O–H groups in total. The van der Waals surface area contributed by atoms with E-state index in [4.69, 9.17) is 5.73 Å². The van der Waals surface area contributed by atoms with Crippen LogP contribution in [0, 0.1) is 0 Å². The molecule has 1 atom stereocenters. The van der Waals surface area contributed by atoms with Gasteiger partial charge in [0.05, 0.1) is 11.2 Å². The molecule has 0 bridgehead atoms. The largest absolute Gasteiger partial charge is 0.316 e. The van der Waals surface area contributed by atoms with Crippen molar-refractivity contribution < 1.29 is 8.78 Å². The number of aryl methyl sites for hydroxylation is 1. The first-order chi connectivity index (χ1) is 7.44. The Morgan fingerprint density at radius 3 is 2.62 bits per heavy atom. The normalized spacial score (nSPS) is 15.6. The molecule has 0 saturated heterocycles. The number of nitrogens with zero attached hydrogens (tertiary/aromatic N) is 2. The van der Waals surface area contributed by atoms with E-state index >= 15 is 0 Å². The van der Waals surface area contributed by atoms with E-state index in [1.807, 2.05) is 6.07 Å². The summed E-state index contributed by atoms with van der Waals surface area (Å²) in [5.41, 5.74) is 5.03. The minimum Gasteiger partial charge on any atom is -0.316 e. The summed E-state index contributed by atoms with van der Waals surface area (Å²) in [5.74, 6) is 0. The Morgan fingerprint density at radius 1 is 1.38 bits per heavy atom. The van der Waals surface area contributed by atoms with Crippen LogP contribution in [-0.4, -0.2) is 16.2 Å². The van der Waals surface area contributed by atoms with Crippen LogP contribution in [0.25, 0.3) is 10.9 Å². The molecule has 0 saturated carbocycles. The van der Waals surface area contributed by atoms with E-state index in [0.717, 1.165) is 0 Å². The van der Waals surface area contributed by atoms with Crippen molar-refractivity contribution in [1.29, 1.82) is 0 Å². The summed E-state index contributed by atoms with van der Waals surface area (Å²) in [6.45, 7) is 1.32. The van der Waals surface area contributed by atoms with Crippen LogP contribution in [-0.2, 0) is 12.6 Å². The smallest absolute Gasteiger partial charge is 0.261 e. The summed E-state index contributed by atoms with van der Waals surface area (Å²) >= 11 is 0. The van der Waals surface area contributed by atoms with Crippen molar-refractivity contribution in [3.8, 4) is 0 Å². The molecule has 2 rings (SSSR count). The zero-order valence-electron chi connectivity index (χ0n) is 9.11. The highest BCUT2D eigenvalue weighted by Crippen LogP contribution is 2.30. The molecule has 0 aliphatic rings. The van der Waals surface area contributed by atoms with Gasteiger partial charge in [-0.1, -0.05) is 18.2 Å². The topological polar surface area (TPSA) is 43.8 Å². The van der Waals surface area contributed by atoms with Crippen molar-refractivity contribution in [2.45, 2.75) is 18.9 Å². The molecule has 1 heterocycles. The van der Waals surface area contributed by atoms with Gasteiger partial charge in [-0.3, -0.25) is 4.68 Å². The van der Waals surface area contributed by atoms with Gasteiger partial charge in [0.2, 0.25) is 0 Å². The number of halogens is 2. The first-order valence-corrected chi connectivity index (χ1v) is 4.94. The van der Waals surface area contributed by atoms with Crippen molar-refractivity contribution >= 4 is 10.9 Å².